The van der Waals surface area contributed by atoms with E-state index in [9.17, 15) is 13.2 Å². The molecule has 7 nitrogen and oxygen atoms in total. The maximum absolute atomic E-state index is 12.5. The minimum atomic E-state index is -3.37. The number of aromatic amines is 1. The van der Waals surface area contributed by atoms with E-state index in [4.69, 9.17) is 16.3 Å². The number of halogens is 1. The number of benzene rings is 1. The molecule has 0 bridgehead atoms. The number of H-pyrrole nitrogens is 1. The molecule has 174 valence electrons. The molecule has 0 aliphatic heterocycles. The molecular formula is C24H26ClN3O4S. The number of aromatic nitrogens is 2. The summed E-state index contributed by atoms with van der Waals surface area (Å²) in [7, 11) is -1.76. The summed E-state index contributed by atoms with van der Waals surface area (Å²) in [6.07, 6.45) is 7.62. The van der Waals surface area contributed by atoms with Crippen molar-refractivity contribution in [2.75, 3.05) is 18.1 Å². The maximum atomic E-state index is 12.5. The van der Waals surface area contributed by atoms with E-state index >= 15 is 0 Å². The molecule has 0 aliphatic carbocycles. The van der Waals surface area contributed by atoms with Gasteiger partial charge in [-0.25, -0.2) is 8.42 Å². The lowest BCUT2D eigenvalue weighted by molar-refractivity contribution is 0.397. The summed E-state index contributed by atoms with van der Waals surface area (Å²) in [5, 5.41) is 0.432. The smallest absolute Gasteiger partial charge is 0.255 e. The highest BCUT2D eigenvalue weighted by atomic mass is 35.5. The van der Waals surface area contributed by atoms with Crippen LogP contribution in [0.2, 0.25) is 5.02 Å². The highest BCUT2D eigenvalue weighted by Gasteiger charge is 2.23. The summed E-state index contributed by atoms with van der Waals surface area (Å²) in [5.41, 5.74) is 3.37. The average Bonchev–Trinajstić information content (AvgIpc) is 2.72. The topological polar surface area (TPSA) is 101 Å². The zero-order valence-electron chi connectivity index (χ0n) is 19.1. The Bertz CT molecular complexity index is 1360. The molecule has 9 heteroatoms. The van der Waals surface area contributed by atoms with Crippen molar-refractivity contribution in [1.29, 1.82) is 0 Å². The SMILES string of the molecule is COc1c(C=Cc2ccc(NS(C)(=O)=O)cn2)cc(-c2cc(Cl)c[nH]c2=O)cc1C(C)(C)C. The third kappa shape index (κ3) is 6.24. The third-order valence-corrected chi connectivity index (χ3v) is 5.66. The number of hydrogen-bond donors (Lipinski definition) is 2. The zero-order valence-corrected chi connectivity index (χ0v) is 20.6. The van der Waals surface area contributed by atoms with Gasteiger partial charge < -0.3 is 9.72 Å². The molecule has 0 unspecified atom stereocenters. The first-order valence-electron chi connectivity index (χ1n) is 10.1. The minimum absolute atomic E-state index is 0.241. The summed E-state index contributed by atoms with van der Waals surface area (Å²) in [4.78, 5) is 19.4. The van der Waals surface area contributed by atoms with Crippen LogP contribution in [0.25, 0.3) is 23.3 Å². The summed E-state index contributed by atoms with van der Waals surface area (Å²) >= 11 is 6.13. The monoisotopic (exact) mass is 487 g/mol. The number of ether oxygens (including phenoxy) is 1. The van der Waals surface area contributed by atoms with Crippen LogP contribution in [0.5, 0.6) is 5.75 Å². The van der Waals surface area contributed by atoms with Gasteiger partial charge in [-0.3, -0.25) is 14.5 Å². The lowest BCUT2D eigenvalue weighted by Gasteiger charge is -2.24. The normalized spacial score (nSPS) is 12.2. The largest absolute Gasteiger partial charge is 0.496 e. The first kappa shape index (κ1) is 24.5. The Hall–Kier alpha value is -3.10. The molecule has 0 radical (unpaired) electrons. The van der Waals surface area contributed by atoms with Gasteiger partial charge in [0.05, 0.1) is 36.0 Å². The molecule has 0 atom stereocenters. The predicted molar refractivity (Wildman–Crippen MR) is 134 cm³/mol. The van der Waals surface area contributed by atoms with Crippen LogP contribution in [-0.4, -0.2) is 31.8 Å². The van der Waals surface area contributed by atoms with Gasteiger partial charge in [-0.2, -0.15) is 0 Å². The summed E-state index contributed by atoms with van der Waals surface area (Å²) in [5.74, 6) is 0.691. The van der Waals surface area contributed by atoms with Gasteiger partial charge in [-0.1, -0.05) is 32.4 Å². The third-order valence-electron chi connectivity index (χ3n) is 4.83. The molecule has 0 spiro atoms. The quantitative estimate of drug-likeness (QED) is 0.513. The highest BCUT2D eigenvalue weighted by molar-refractivity contribution is 7.92. The average molecular weight is 488 g/mol. The molecule has 0 fully saturated rings. The summed E-state index contributed by atoms with van der Waals surface area (Å²) in [6, 6.07) is 8.78. The van der Waals surface area contributed by atoms with E-state index in [1.54, 1.807) is 31.4 Å². The fraction of sp³-hybridized carbons (Fsp3) is 0.250. The van der Waals surface area contributed by atoms with E-state index in [2.05, 4.69) is 35.5 Å². The van der Waals surface area contributed by atoms with Crippen molar-refractivity contribution in [1.82, 2.24) is 9.97 Å². The van der Waals surface area contributed by atoms with Crippen LogP contribution < -0.4 is 15.0 Å². The van der Waals surface area contributed by atoms with E-state index in [-0.39, 0.29) is 11.0 Å². The first-order chi connectivity index (χ1) is 15.4. The Labute approximate surface area is 198 Å². The number of nitrogens with zero attached hydrogens (tertiary/aromatic N) is 1. The Morgan fingerprint density at radius 2 is 1.88 bits per heavy atom. The van der Waals surface area contributed by atoms with Crippen LogP contribution in [0.3, 0.4) is 0 Å². The van der Waals surface area contributed by atoms with Crippen LogP contribution in [0.1, 0.15) is 37.6 Å². The van der Waals surface area contributed by atoms with Crippen LogP contribution in [-0.2, 0) is 15.4 Å². The van der Waals surface area contributed by atoms with Gasteiger partial charge in [0.1, 0.15) is 5.75 Å². The van der Waals surface area contributed by atoms with E-state index in [0.717, 1.165) is 17.4 Å². The van der Waals surface area contributed by atoms with Crippen molar-refractivity contribution in [2.24, 2.45) is 0 Å². The molecule has 2 heterocycles. The molecule has 3 rings (SSSR count). The molecule has 0 aliphatic rings. The van der Waals surface area contributed by atoms with Crippen molar-refractivity contribution in [2.45, 2.75) is 26.2 Å². The van der Waals surface area contributed by atoms with Crippen molar-refractivity contribution >= 4 is 39.5 Å². The second kappa shape index (κ2) is 9.41. The fourth-order valence-electron chi connectivity index (χ4n) is 3.34. The molecule has 2 N–H and O–H groups in total. The van der Waals surface area contributed by atoms with Gasteiger partial charge in [-0.15, -0.1) is 0 Å². The van der Waals surface area contributed by atoms with Gasteiger partial charge in [0.15, 0.2) is 0 Å². The Morgan fingerprint density at radius 3 is 2.45 bits per heavy atom. The Balaban J connectivity index is 2.10. The standard InChI is InChI=1S/C24H26ClN3O4S/c1-24(2,3)21-11-16(20-12-17(25)13-27-23(20)29)10-15(22(21)32-4)6-7-18-8-9-19(14-26-18)28-33(5,30)31/h6-14,28H,1-5H3,(H,27,29). The summed E-state index contributed by atoms with van der Waals surface area (Å²) < 4.78 is 30.9. The number of rotatable bonds is 6. The van der Waals surface area contributed by atoms with Gasteiger partial charge in [0.2, 0.25) is 10.0 Å². The molecule has 0 amide bonds. The molecule has 3 aromatic rings. The number of nitrogens with one attached hydrogen (secondary N) is 2. The van der Waals surface area contributed by atoms with Crippen LogP contribution in [0.15, 0.2) is 47.5 Å². The number of hydrogen-bond acceptors (Lipinski definition) is 5. The maximum Gasteiger partial charge on any atom is 0.255 e. The van der Waals surface area contributed by atoms with Gasteiger partial charge in [-0.05, 0) is 53.5 Å². The second-order valence-corrected chi connectivity index (χ2v) is 10.8. The van der Waals surface area contributed by atoms with E-state index in [1.807, 2.05) is 18.2 Å². The zero-order chi connectivity index (χ0) is 24.4. The first-order valence-corrected chi connectivity index (χ1v) is 12.4. The van der Waals surface area contributed by atoms with E-state index < -0.39 is 10.0 Å². The second-order valence-electron chi connectivity index (χ2n) is 8.64. The molecule has 0 saturated heterocycles. The van der Waals surface area contributed by atoms with Gasteiger partial charge in [0.25, 0.3) is 5.56 Å². The van der Waals surface area contributed by atoms with Crippen molar-refractivity contribution < 1.29 is 13.2 Å². The van der Waals surface area contributed by atoms with E-state index in [1.165, 1.54) is 12.4 Å². The predicted octanol–water partition coefficient (Wildman–Crippen LogP) is 4.94. The van der Waals surface area contributed by atoms with Crippen molar-refractivity contribution in [3.63, 3.8) is 0 Å². The molecule has 33 heavy (non-hydrogen) atoms. The van der Waals surface area contributed by atoms with Crippen molar-refractivity contribution in [3.05, 3.63) is 74.9 Å². The Morgan fingerprint density at radius 1 is 1.15 bits per heavy atom. The Kier molecular flexibility index (Phi) is 7.00. The van der Waals surface area contributed by atoms with Crippen LogP contribution >= 0.6 is 11.6 Å². The lowest BCUT2D eigenvalue weighted by Crippen LogP contribution is -2.15. The van der Waals surface area contributed by atoms with Crippen LogP contribution in [0, 0.1) is 0 Å². The number of pyridine rings is 2. The number of methoxy groups -OCH3 is 1. The van der Waals surface area contributed by atoms with Gasteiger partial charge in [0, 0.05) is 22.9 Å². The van der Waals surface area contributed by atoms with E-state index in [0.29, 0.717) is 33.3 Å². The molecule has 0 saturated carbocycles. The molecule has 2 aromatic heterocycles. The number of sulfonamides is 1. The molecule has 1 aromatic carbocycles. The summed E-state index contributed by atoms with van der Waals surface area (Å²) in [6.45, 7) is 6.21. The van der Waals surface area contributed by atoms with Gasteiger partial charge >= 0.3 is 0 Å². The van der Waals surface area contributed by atoms with Crippen LogP contribution in [0.4, 0.5) is 5.69 Å². The lowest BCUT2D eigenvalue weighted by atomic mass is 9.83. The fourth-order valence-corrected chi connectivity index (χ4v) is 4.05. The highest BCUT2D eigenvalue weighted by Crippen LogP contribution is 2.38. The minimum Gasteiger partial charge on any atom is -0.496 e. The van der Waals surface area contributed by atoms with Crippen molar-refractivity contribution in [3.8, 4) is 16.9 Å². The number of anilines is 1. The molecular weight excluding hydrogens is 462 g/mol.